The van der Waals surface area contributed by atoms with E-state index in [1.807, 2.05) is 42.8 Å². The molecule has 0 aliphatic heterocycles. The van der Waals surface area contributed by atoms with Crippen LogP contribution in [0.15, 0.2) is 60.0 Å². The number of thioether (sulfide) groups is 1. The van der Waals surface area contributed by atoms with Crippen LogP contribution in [0, 0.1) is 5.92 Å². The maximum absolute atomic E-state index is 11.9. The Hall–Kier alpha value is -3.46. The summed E-state index contributed by atoms with van der Waals surface area (Å²) in [7, 11) is 0. The van der Waals surface area contributed by atoms with Gasteiger partial charge in [-0.1, -0.05) is 12.1 Å². The Labute approximate surface area is 208 Å². The number of ether oxygens (including phenoxy) is 1. The number of aryl methyl sites for hydroxylation is 1. The molecule has 1 saturated carbocycles. The Morgan fingerprint density at radius 3 is 2.71 bits per heavy atom. The summed E-state index contributed by atoms with van der Waals surface area (Å²) in [5, 5.41) is 8.02. The average molecular weight is 491 g/mol. The number of aromatic nitrogens is 4. The zero-order valence-corrected chi connectivity index (χ0v) is 20.8. The van der Waals surface area contributed by atoms with Crippen molar-refractivity contribution in [1.29, 1.82) is 0 Å². The van der Waals surface area contributed by atoms with Gasteiger partial charge in [-0.2, -0.15) is 5.10 Å². The number of fused-ring (bicyclic) bond motifs is 1. The number of nitrogen functional groups attached to an aromatic ring is 1. The van der Waals surface area contributed by atoms with E-state index in [1.54, 1.807) is 24.4 Å². The van der Waals surface area contributed by atoms with Gasteiger partial charge in [0.2, 0.25) is 0 Å². The number of hydrogen-bond acceptors (Lipinski definition) is 6. The SMILES string of the molecule is CC(C)OC(=O)Nc1ccc(-c2c(N)c3ccc(SCCn4cncn4)cc3n2CC2CC2)cc1. The van der Waals surface area contributed by atoms with E-state index >= 15 is 0 Å². The average Bonchev–Trinajstić information content (AvgIpc) is 3.42. The molecule has 0 spiro atoms. The van der Waals surface area contributed by atoms with Gasteiger partial charge in [0.05, 0.1) is 29.5 Å². The number of nitrogens with two attached hydrogens (primary N) is 1. The Bertz CT molecular complexity index is 1310. The van der Waals surface area contributed by atoms with Gasteiger partial charge in [0, 0.05) is 33.8 Å². The van der Waals surface area contributed by atoms with Gasteiger partial charge in [0.25, 0.3) is 0 Å². The molecule has 0 bridgehead atoms. The van der Waals surface area contributed by atoms with Crippen LogP contribution in [0.5, 0.6) is 0 Å². The first-order valence-corrected chi connectivity index (χ1v) is 12.9. The molecule has 35 heavy (non-hydrogen) atoms. The summed E-state index contributed by atoms with van der Waals surface area (Å²) in [5.41, 5.74) is 11.4. The van der Waals surface area contributed by atoms with Crippen LogP contribution in [-0.4, -0.2) is 37.3 Å². The van der Waals surface area contributed by atoms with E-state index in [-0.39, 0.29) is 6.10 Å². The molecule has 4 aromatic rings. The molecular weight excluding hydrogens is 460 g/mol. The molecular formula is C26H30N6O2S. The molecule has 0 radical (unpaired) electrons. The highest BCUT2D eigenvalue weighted by molar-refractivity contribution is 7.99. The van der Waals surface area contributed by atoms with E-state index in [0.717, 1.165) is 46.7 Å². The maximum Gasteiger partial charge on any atom is 0.411 e. The van der Waals surface area contributed by atoms with Crippen LogP contribution in [0.2, 0.25) is 0 Å². The minimum Gasteiger partial charge on any atom is -0.447 e. The van der Waals surface area contributed by atoms with E-state index in [1.165, 1.54) is 17.7 Å². The number of hydrogen-bond donors (Lipinski definition) is 2. The second-order valence-electron chi connectivity index (χ2n) is 9.16. The second kappa shape index (κ2) is 10.0. The summed E-state index contributed by atoms with van der Waals surface area (Å²) in [4.78, 5) is 17.2. The summed E-state index contributed by atoms with van der Waals surface area (Å²) in [6.45, 7) is 5.41. The Kier molecular flexibility index (Phi) is 6.68. The van der Waals surface area contributed by atoms with Gasteiger partial charge in [0.15, 0.2) is 0 Å². The van der Waals surface area contributed by atoms with E-state index < -0.39 is 6.09 Å². The predicted octanol–water partition coefficient (Wildman–Crippen LogP) is 5.64. The first-order chi connectivity index (χ1) is 17.0. The summed E-state index contributed by atoms with van der Waals surface area (Å²) >= 11 is 1.80. The number of nitrogens with one attached hydrogen (secondary N) is 1. The molecule has 2 aromatic heterocycles. The van der Waals surface area contributed by atoms with Crippen LogP contribution in [-0.2, 0) is 17.8 Å². The lowest BCUT2D eigenvalue weighted by Gasteiger charge is -2.13. The van der Waals surface area contributed by atoms with E-state index in [2.05, 4.69) is 38.2 Å². The number of anilines is 2. The molecule has 0 unspecified atom stereocenters. The Morgan fingerprint density at radius 1 is 1.23 bits per heavy atom. The van der Waals surface area contributed by atoms with Crippen LogP contribution >= 0.6 is 11.8 Å². The Morgan fingerprint density at radius 2 is 2.03 bits per heavy atom. The number of nitrogens with zero attached hydrogens (tertiary/aromatic N) is 4. The molecule has 8 nitrogen and oxygen atoms in total. The van der Waals surface area contributed by atoms with Crippen LogP contribution in [0.25, 0.3) is 22.2 Å². The molecule has 182 valence electrons. The van der Waals surface area contributed by atoms with E-state index in [0.29, 0.717) is 11.6 Å². The van der Waals surface area contributed by atoms with Crippen LogP contribution in [0.3, 0.4) is 0 Å². The topological polar surface area (TPSA) is 100.0 Å². The van der Waals surface area contributed by atoms with Crippen molar-refractivity contribution in [3.63, 3.8) is 0 Å². The van der Waals surface area contributed by atoms with E-state index in [4.69, 9.17) is 10.5 Å². The zero-order chi connectivity index (χ0) is 24.4. The summed E-state index contributed by atoms with van der Waals surface area (Å²) in [5.74, 6) is 1.60. The van der Waals surface area contributed by atoms with Crippen molar-refractivity contribution in [2.45, 2.75) is 50.8 Å². The minimum atomic E-state index is -0.455. The molecule has 9 heteroatoms. The normalized spacial score (nSPS) is 13.5. The highest BCUT2D eigenvalue weighted by Gasteiger charge is 2.26. The number of carbonyl (C=O) groups is 1. The molecule has 2 aromatic carbocycles. The molecule has 3 N–H and O–H groups in total. The van der Waals surface area contributed by atoms with Gasteiger partial charge in [-0.25, -0.2) is 9.78 Å². The first-order valence-electron chi connectivity index (χ1n) is 11.9. The number of carbonyl (C=O) groups excluding carboxylic acids is 1. The van der Waals surface area contributed by atoms with Crippen molar-refractivity contribution >= 4 is 40.1 Å². The third kappa shape index (κ3) is 5.45. The van der Waals surface area contributed by atoms with Gasteiger partial charge in [-0.3, -0.25) is 10.00 Å². The van der Waals surface area contributed by atoms with Gasteiger partial charge < -0.3 is 15.0 Å². The van der Waals surface area contributed by atoms with Gasteiger partial charge in [-0.05, 0) is 62.9 Å². The summed E-state index contributed by atoms with van der Waals surface area (Å²) < 4.78 is 9.39. The first kappa shape index (κ1) is 23.3. The maximum atomic E-state index is 11.9. The monoisotopic (exact) mass is 490 g/mol. The minimum absolute atomic E-state index is 0.169. The molecule has 0 atom stereocenters. The molecule has 5 rings (SSSR count). The fraction of sp³-hybridized carbons (Fsp3) is 0.346. The summed E-state index contributed by atoms with van der Waals surface area (Å²) in [6, 6.07) is 14.3. The number of amides is 1. The van der Waals surface area contributed by atoms with Gasteiger partial charge in [0.1, 0.15) is 12.7 Å². The zero-order valence-electron chi connectivity index (χ0n) is 20.0. The highest BCUT2D eigenvalue weighted by Crippen LogP contribution is 2.41. The van der Waals surface area contributed by atoms with Gasteiger partial charge in [-0.15, -0.1) is 11.8 Å². The molecule has 1 aliphatic carbocycles. The van der Waals surface area contributed by atoms with Crippen molar-refractivity contribution in [2.24, 2.45) is 5.92 Å². The summed E-state index contributed by atoms with van der Waals surface area (Å²) in [6.07, 6.45) is 5.19. The fourth-order valence-corrected chi connectivity index (χ4v) is 5.06. The van der Waals surface area contributed by atoms with Crippen LogP contribution in [0.4, 0.5) is 16.2 Å². The lowest BCUT2D eigenvalue weighted by molar-refractivity contribution is 0.130. The highest BCUT2D eigenvalue weighted by atomic mass is 32.2. The van der Waals surface area contributed by atoms with Crippen molar-refractivity contribution in [3.8, 4) is 11.3 Å². The lowest BCUT2D eigenvalue weighted by Crippen LogP contribution is -2.17. The number of rotatable bonds is 9. The molecule has 1 amide bonds. The van der Waals surface area contributed by atoms with Crippen LogP contribution in [0.1, 0.15) is 26.7 Å². The number of benzene rings is 2. The lowest BCUT2D eigenvalue weighted by atomic mass is 10.1. The molecule has 2 heterocycles. The Balaban J connectivity index is 1.41. The largest absolute Gasteiger partial charge is 0.447 e. The van der Waals surface area contributed by atoms with E-state index in [9.17, 15) is 4.79 Å². The molecule has 0 saturated heterocycles. The van der Waals surface area contributed by atoms with Crippen LogP contribution < -0.4 is 11.1 Å². The quantitative estimate of drug-likeness (QED) is 0.295. The third-order valence-electron chi connectivity index (χ3n) is 6.02. The second-order valence-corrected chi connectivity index (χ2v) is 10.3. The van der Waals surface area contributed by atoms with Crippen molar-refractivity contribution < 1.29 is 9.53 Å². The molecule has 1 fully saturated rings. The standard InChI is InChI=1S/C26H30N6O2S/c1-17(2)34-26(33)30-20-7-5-19(6-8-20)25-24(27)22-10-9-21(35-12-11-31-16-28-15-29-31)13-23(22)32(25)14-18-3-4-18/h5-10,13,15-18H,3-4,11-12,14,27H2,1-2H3,(H,30,33). The fourth-order valence-electron chi connectivity index (χ4n) is 4.18. The van der Waals surface area contributed by atoms with Crippen molar-refractivity contribution in [2.75, 3.05) is 16.8 Å². The smallest absolute Gasteiger partial charge is 0.411 e. The predicted molar refractivity (Wildman–Crippen MR) is 140 cm³/mol. The van der Waals surface area contributed by atoms with Crippen molar-refractivity contribution in [1.82, 2.24) is 19.3 Å². The van der Waals surface area contributed by atoms with Crippen molar-refractivity contribution in [3.05, 3.63) is 55.1 Å². The van der Waals surface area contributed by atoms with Gasteiger partial charge >= 0.3 is 6.09 Å². The third-order valence-corrected chi connectivity index (χ3v) is 6.99. The molecule has 1 aliphatic rings.